The van der Waals surface area contributed by atoms with Crippen LogP contribution in [0.25, 0.3) is 10.1 Å². The van der Waals surface area contributed by atoms with Crippen LogP contribution in [0.1, 0.15) is 22.1 Å². The Bertz CT molecular complexity index is 984. The third-order valence-corrected chi connectivity index (χ3v) is 6.60. The van der Waals surface area contributed by atoms with Crippen LogP contribution in [0.4, 0.5) is 0 Å². The maximum Gasteiger partial charge on any atom is 0.121 e. The zero-order chi connectivity index (χ0) is 20.5. The Morgan fingerprint density at radius 1 is 0.897 bits per heavy atom. The second kappa shape index (κ2) is 8.39. The van der Waals surface area contributed by atoms with Gasteiger partial charge in [-0.2, -0.15) is 0 Å². The van der Waals surface area contributed by atoms with Gasteiger partial charge < -0.3 is 30.3 Å². The number of aromatic hydroxyl groups is 1. The van der Waals surface area contributed by atoms with E-state index in [0.29, 0.717) is 0 Å². The fourth-order valence-corrected chi connectivity index (χ4v) is 5.02. The summed E-state index contributed by atoms with van der Waals surface area (Å²) in [6.45, 7) is -0.443. The fourth-order valence-electron chi connectivity index (χ4n) is 3.83. The molecule has 5 N–H and O–H groups in total. The molecule has 1 saturated heterocycles. The summed E-state index contributed by atoms with van der Waals surface area (Å²) in [6.07, 6.45) is -4.21. The molecule has 0 radical (unpaired) electrons. The van der Waals surface area contributed by atoms with Crippen LogP contribution in [0, 0.1) is 0 Å². The van der Waals surface area contributed by atoms with E-state index >= 15 is 0 Å². The van der Waals surface area contributed by atoms with E-state index in [-0.39, 0.29) is 5.75 Å². The first-order valence-corrected chi connectivity index (χ1v) is 10.4. The van der Waals surface area contributed by atoms with Gasteiger partial charge in [-0.05, 0) is 53.6 Å². The predicted molar refractivity (Wildman–Crippen MR) is 110 cm³/mol. The Hall–Kier alpha value is -2.00. The number of hydrogen-bond acceptors (Lipinski definition) is 7. The van der Waals surface area contributed by atoms with E-state index in [9.17, 15) is 25.5 Å². The van der Waals surface area contributed by atoms with Crippen LogP contribution in [-0.2, 0) is 17.6 Å². The number of aliphatic hydroxyl groups is 4. The average molecular weight is 416 g/mol. The van der Waals surface area contributed by atoms with Gasteiger partial charge in [-0.25, -0.2) is 0 Å². The summed E-state index contributed by atoms with van der Waals surface area (Å²) in [5, 5.41) is 50.6. The summed E-state index contributed by atoms with van der Waals surface area (Å²) >= 11 is 1.46. The number of fused-ring (bicyclic) bond motifs is 1. The first kappa shape index (κ1) is 20.3. The molecule has 7 heteroatoms. The minimum atomic E-state index is -1.39. The molecule has 1 fully saturated rings. The predicted octanol–water partition coefficient (Wildman–Crippen LogP) is 1.91. The normalized spacial score (nSPS) is 27.4. The number of ether oxygens (including phenoxy) is 1. The molecule has 2 heterocycles. The number of phenols is 1. The van der Waals surface area contributed by atoms with Crippen LogP contribution in [-0.4, -0.2) is 56.6 Å². The minimum Gasteiger partial charge on any atom is -0.508 e. The summed E-state index contributed by atoms with van der Waals surface area (Å²) in [5.41, 5.74) is 2.18. The molecule has 29 heavy (non-hydrogen) atoms. The maximum atomic E-state index is 10.4. The maximum absolute atomic E-state index is 10.4. The largest absolute Gasteiger partial charge is 0.508 e. The van der Waals surface area contributed by atoms with Gasteiger partial charge in [0.15, 0.2) is 0 Å². The second-order valence-electron chi connectivity index (χ2n) is 7.40. The van der Waals surface area contributed by atoms with E-state index < -0.39 is 37.1 Å². The van der Waals surface area contributed by atoms with Crippen molar-refractivity contribution in [2.45, 2.75) is 43.4 Å². The highest BCUT2D eigenvalue weighted by atomic mass is 32.1. The Morgan fingerprint density at radius 2 is 1.69 bits per heavy atom. The van der Waals surface area contributed by atoms with Crippen LogP contribution >= 0.6 is 11.3 Å². The lowest BCUT2D eigenvalue weighted by Crippen LogP contribution is -2.55. The van der Waals surface area contributed by atoms with Crippen molar-refractivity contribution in [2.24, 2.45) is 0 Å². The van der Waals surface area contributed by atoms with Gasteiger partial charge >= 0.3 is 0 Å². The Balaban J connectivity index is 1.60. The van der Waals surface area contributed by atoms with Gasteiger partial charge in [0.2, 0.25) is 0 Å². The van der Waals surface area contributed by atoms with Crippen LogP contribution in [0.15, 0.2) is 48.5 Å². The Labute approximate surface area is 172 Å². The number of benzene rings is 2. The van der Waals surface area contributed by atoms with E-state index in [1.165, 1.54) is 11.3 Å². The third-order valence-electron chi connectivity index (χ3n) is 5.44. The molecule has 2 aromatic carbocycles. The molecule has 0 spiro atoms. The molecule has 1 aliphatic heterocycles. The number of hydrogen-bond donors (Lipinski definition) is 5. The molecule has 4 rings (SSSR count). The van der Waals surface area contributed by atoms with Gasteiger partial charge in [-0.1, -0.05) is 24.3 Å². The quantitative estimate of drug-likeness (QED) is 0.435. The van der Waals surface area contributed by atoms with Gasteiger partial charge in [0.1, 0.15) is 36.3 Å². The first-order valence-electron chi connectivity index (χ1n) is 9.57. The number of thiophene rings is 1. The van der Waals surface area contributed by atoms with Crippen molar-refractivity contribution in [3.63, 3.8) is 0 Å². The molecule has 0 saturated carbocycles. The van der Waals surface area contributed by atoms with Crippen molar-refractivity contribution < 1.29 is 30.3 Å². The molecule has 1 aromatic heterocycles. The van der Waals surface area contributed by atoms with E-state index in [1.807, 2.05) is 30.3 Å². The molecule has 154 valence electrons. The van der Waals surface area contributed by atoms with E-state index in [1.54, 1.807) is 12.1 Å². The summed E-state index contributed by atoms with van der Waals surface area (Å²) in [6, 6.07) is 15.2. The average Bonchev–Trinajstić information content (AvgIpc) is 3.15. The van der Waals surface area contributed by atoms with Gasteiger partial charge in [-0.3, -0.25) is 0 Å². The molecule has 3 aromatic rings. The number of rotatable bonds is 5. The van der Waals surface area contributed by atoms with Gasteiger partial charge in [-0.15, -0.1) is 11.3 Å². The van der Waals surface area contributed by atoms with Crippen LogP contribution in [0.3, 0.4) is 0 Å². The molecule has 0 amide bonds. The molecular weight excluding hydrogens is 392 g/mol. The van der Waals surface area contributed by atoms with Crippen LogP contribution in [0.2, 0.25) is 0 Å². The number of aryl methyl sites for hydroxylation is 2. The van der Waals surface area contributed by atoms with Crippen molar-refractivity contribution in [1.82, 2.24) is 0 Å². The standard InChI is InChI=1S/C22H24O6S/c23-11-16-19(25)20(26)21(27)22(28-16)18-10-15-13(4-2-6-17(15)29-18)8-7-12-3-1-5-14(24)9-12/h1-6,9-10,16,19-27H,7-8,11H2/t16-,19-,20+,21-,22+/m1/s1. The van der Waals surface area contributed by atoms with Gasteiger partial charge in [0.05, 0.1) is 6.61 Å². The van der Waals surface area contributed by atoms with Crippen molar-refractivity contribution in [1.29, 1.82) is 0 Å². The highest BCUT2D eigenvalue weighted by molar-refractivity contribution is 7.19. The lowest BCUT2D eigenvalue weighted by atomic mass is 9.94. The second-order valence-corrected chi connectivity index (χ2v) is 8.51. The van der Waals surface area contributed by atoms with E-state index in [4.69, 9.17) is 4.74 Å². The lowest BCUT2D eigenvalue weighted by Gasteiger charge is -2.39. The highest BCUT2D eigenvalue weighted by Gasteiger charge is 2.44. The molecule has 5 atom stereocenters. The smallest absolute Gasteiger partial charge is 0.121 e. The summed E-state index contributed by atoms with van der Waals surface area (Å²) in [7, 11) is 0. The Kier molecular flexibility index (Phi) is 5.87. The molecule has 0 unspecified atom stereocenters. The zero-order valence-electron chi connectivity index (χ0n) is 15.7. The van der Waals surface area contributed by atoms with E-state index in [0.717, 1.165) is 38.9 Å². The monoisotopic (exact) mass is 416 g/mol. The number of aliphatic hydroxyl groups excluding tert-OH is 4. The molecule has 0 bridgehead atoms. The molecule has 0 aliphatic carbocycles. The third kappa shape index (κ3) is 4.02. The Morgan fingerprint density at radius 3 is 2.45 bits per heavy atom. The van der Waals surface area contributed by atoms with Gasteiger partial charge in [0, 0.05) is 9.58 Å². The van der Waals surface area contributed by atoms with Crippen molar-refractivity contribution in [3.8, 4) is 5.75 Å². The topological polar surface area (TPSA) is 110 Å². The molecule has 1 aliphatic rings. The molecular formula is C22H24O6S. The first-order chi connectivity index (χ1) is 14.0. The SMILES string of the molecule is OC[C@H]1O[C@@H](c2cc3c(CCc4cccc(O)c4)cccc3s2)[C@H](O)[C@@H](O)[C@@H]1O. The fraction of sp³-hybridized carbons (Fsp3) is 0.364. The van der Waals surface area contributed by atoms with Crippen molar-refractivity contribution in [2.75, 3.05) is 6.61 Å². The summed E-state index contributed by atoms with van der Waals surface area (Å²) in [4.78, 5) is 0.738. The number of phenolic OH excluding ortho intramolecular Hbond substituents is 1. The van der Waals surface area contributed by atoms with E-state index in [2.05, 4.69) is 6.07 Å². The van der Waals surface area contributed by atoms with Crippen LogP contribution < -0.4 is 0 Å². The van der Waals surface area contributed by atoms with Crippen molar-refractivity contribution in [3.05, 3.63) is 64.5 Å². The van der Waals surface area contributed by atoms with Crippen molar-refractivity contribution >= 4 is 21.4 Å². The molecule has 6 nitrogen and oxygen atoms in total. The zero-order valence-corrected chi connectivity index (χ0v) is 16.5. The minimum absolute atomic E-state index is 0.251. The van der Waals surface area contributed by atoms with Gasteiger partial charge in [0.25, 0.3) is 0 Å². The highest BCUT2D eigenvalue weighted by Crippen LogP contribution is 2.39. The summed E-state index contributed by atoms with van der Waals surface area (Å²) in [5.74, 6) is 0.251. The summed E-state index contributed by atoms with van der Waals surface area (Å²) < 4.78 is 6.73. The van der Waals surface area contributed by atoms with Crippen LogP contribution in [0.5, 0.6) is 5.75 Å². The lowest BCUT2D eigenvalue weighted by molar-refractivity contribution is -0.230.